The molecule has 3 nitrogen and oxygen atoms in total. The van der Waals surface area contributed by atoms with E-state index < -0.39 is 0 Å². The molecule has 0 aromatic heterocycles. The molecular formula is CH4LiNO2S. The van der Waals surface area contributed by atoms with E-state index in [1.165, 1.54) is 0 Å². The van der Waals surface area contributed by atoms with Crippen molar-refractivity contribution in [3.8, 4) is 5.40 Å². The van der Waals surface area contributed by atoms with E-state index in [1.807, 2.05) is 5.40 Å². The first-order chi connectivity index (χ1) is 1.91. The molecule has 0 aromatic carbocycles. The van der Waals surface area contributed by atoms with Gasteiger partial charge in [0.25, 0.3) is 0 Å². The predicted octanol–water partition coefficient (Wildman–Crippen LogP) is -1.37. The molecule has 0 rings (SSSR count). The van der Waals surface area contributed by atoms with Gasteiger partial charge < -0.3 is 11.0 Å². The fourth-order valence-corrected chi connectivity index (χ4v) is 0. The molecule has 0 saturated heterocycles. The number of hydrogen-bond donors (Lipinski definition) is 0. The number of nitriles is 1. The van der Waals surface area contributed by atoms with Crippen molar-refractivity contribution in [3.63, 3.8) is 0 Å². The molecule has 0 atom stereocenters. The van der Waals surface area contributed by atoms with E-state index in [4.69, 9.17) is 5.26 Å². The van der Waals surface area contributed by atoms with Gasteiger partial charge in [0.15, 0.2) is 0 Å². The Bertz CT molecular complexity index is 43.3. The molecule has 32 valence electrons. The topological polar surface area (TPSA) is 86.8 Å². The zero-order chi connectivity index (χ0) is 3.41. The third kappa shape index (κ3) is 26.7. The zero-order valence-corrected chi connectivity index (χ0v) is 4.17. The fourth-order valence-electron chi connectivity index (χ4n) is 0. The average molecular weight is 101 g/mol. The number of thiocyanates is 1. The van der Waals surface area contributed by atoms with Crippen molar-refractivity contribution in [2.75, 3.05) is 0 Å². The Hall–Kier alpha value is 0.357. The Morgan fingerprint density at radius 3 is 1.67 bits per heavy atom. The van der Waals surface area contributed by atoms with Crippen molar-refractivity contribution >= 4 is 26.4 Å². The van der Waals surface area contributed by atoms with E-state index in [0.717, 1.165) is 9.86 Å². The van der Waals surface area contributed by atoms with Gasteiger partial charge >= 0.3 is 37.0 Å². The van der Waals surface area contributed by atoms with E-state index in [-0.39, 0.29) is 11.0 Å². The molecule has 0 aliphatic carbocycles. The minimum absolute atomic E-state index is 0. The maximum atomic E-state index is 7.59. The quantitative estimate of drug-likeness (QED) is 0.278. The van der Waals surface area contributed by atoms with Gasteiger partial charge in [-0.1, -0.05) is 0 Å². The van der Waals surface area contributed by atoms with Crippen LogP contribution in [0.4, 0.5) is 0 Å². The van der Waals surface area contributed by atoms with Gasteiger partial charge in [0.2, 0.25) is 0 Å². The van der Waals surface area contributed by atoms with Crippen molar-refractivity contribution in [2.45, 2.75) is 0 Å². The Kier molecular flexibility index (Phi) is 49.4. The second kappa shape index (κ2) is 18.3. The van der Waals surface area contributed by atoms with E-state index in [1.54, 1.807) is 16.5 Å². The fraction of sp³-hybridized carbons (Fsp3) is 0. The van der Waals surface area contributed by atoms with Crippen LogP contribution >= 0.6 is 9.86 Å². The van der Waals surface area contributed by atoms with E-state index >= 15 is 0 Å². The van der Waals surface area contributed by atoms with Gasteiger partial charge in [0.05, 0.1) is 0 Å². The van der Waals surface area contributed by atoms with Crippen LogP contribution in [-0.2, 0) is 0 Å². The Labute approximate surface area is 48.4 Å². The molecule has 0 heterocycles. The molecule has 0 saturated carbocycles. The van der Waals surface area contributed by atoms with Crippen LogP contribution in [-0.4, -0.2) is 27.5 Å². The second-order valence-electron chi connectivity index (χ2n) is 0.295. The van der Waals surface area contributed by atoms with Gasteiger partial charge in [-0.25, -0.2) is 0 Å². The molecule has 0 spiro atoms. The summed E-state index contributed by atoms with van der Waals surface area (Å²) >= 11 is 1.74. The van der Waals surface area contributed by atoms with Gasteiger partial charge in [-0.3, -0.25) is 0 Å². The molecule has 0 aromatic rings. The van der Waals surface area contributed by atoms with Crippen molar-refractivity contribution in [2.24, 2.45) is 0 Å². The van der Waals surface area contributed by atoms with Crippen LogP contribution in [0.25, 0.3) is 0 Å². The number of nitrogens with zero attached hydrogens (tertiary/aromatic N) is 1. The van der Waals surface area contributed by atoms with Gasteiger partial charge in [0.1, 0.15) is 0 Å². The van der Waals surface area contributed by atoms with E-state index in [9.17, 15) is 0 Å². The summed E-state index contributed by atoms with van der Waals surface area (Å²) < 4.78 is 0. The predicted molar refractivity (Wildman–Crippen MR) is 26.2 cm³/mol. The molecule has 5 heteroatoms. The van der Waals surface area contributed by atoms with Gasteiger partial charge in [-0.2, -0.15) is 0 Å². The van der Waals surface area contributed by atoms with Crippen molar-refractivity contribution < 1.29 is 11.0 Å². The standard InChI is InChI=1S/CHNS.Li.2H2O/c2-1-3;;;/h3H;;2*1H2/q;+1;;/p-1. The summed E-state index contributed by atoms with van der Waals surface area (Å²) in [6.07, 6.45) is 0. The SMILES string of the molecule is O.O.[Li][S]C#N. The number of hydrogen-bond acceptors (Lipinski definition) is 2. The molecule has 0 fully saturated rings. The first kappa shape index (κ1) is 16.2. The molecule has 6 heavy (non-hydrogen) atoms. The summed E-state index contributed by atoms with van der Waals surface area (Å²) in [4.78, 5) is 0. The molecule has 0 bridgehead atoms. The van der Waals surface area contributed by atoms with Crippen molar-refractivity contribution in [1.29, 1.82) is 5.26 Å². The summed E-state index contributed by atoms with van der Waals surface area (Å²) in [7, 11) is 1.16. The molecule has 0 amide bonds. The average Bonchev–Trinajstić information content (AvgIpc) is 1.37. The van der Waals surface area contributed by atoms with Crippen LogP contribution in [0.3, 0.4) is 0 Å². The molecule has 0 aliphatic heterocycles. The third-order valence-electron chi connectivity index (χ3n) is 0.0913. The van der Waals surface area contributed by atoms with Gasteiger partial charge in [-0.15, -0.1) is 0 Å². The second-order valence-corrected chi connectivity index (χ2v) is 0.886. The summed E-state index contributed by atoms with van der Waals surface area (Å²) in [5.74, 6) is 0. The zero-order valence-electron chi connectivity index (χ0n) is 3.36. The first-order valence-electron chi connectivity index (χ1n) is 0.836. The molecule has 0 aliphatic rings. The van der Waals surface area contributed by atoms with Gasteiger partial charge in [-0.05, 0) is 0 Å². The summed E-state index contributed by atoms with van der Waals surface area (Å²) in [5, 5.41) is 9.44. The Morgan fingerprint density at radius 2 is 1.67 bits per heavy atom. The van der Waals surface area contributed by atoms with Crippen LogP contribution in [0, 0.1) is 10.7 Å². The third-order valence-corrected chi connectivity index (χ3v) is 0.274. The molecular weight excluding hydrogens is 97.0 g/mol. The van der Waals surface area contributed by atoms with E-state index in [0.29, 0.717) is 0 Å². The molecule has 4 N–H and O–H groups in total. The van der Waals surface area contributed by atoms with Crippen LogP contribution in [0.15, 0.2) is 0 Å². The van der Waals surface area contributed by atoms with Crippen LogP contribution in [0.5, 0.6) is 0 Å². The summed E-state index contributed by atoms with van der Waals surface area (Å²) in [6, 6.07) is 0. The Morgan fingerprint density at radius 1 is 1.50 bits per heavy atom. The van der Waals surface area contributed by atoms with E-state index in [2.05, 4.69) is 0 Å². The molecule has 0 unspecified atom stereocenters. The van der Waals surface area contributed by atoms with Crippen LogP contribution in [0.2, 0.25) is 0 Å². The van der Waals surface area contributed by atoms with Crippen molar-refractivity contribution in [3.05, 3.63) is 0 Å². The maximum absolute atomic E-state index is 7.59. The Balaban J connectivity index is -0.0000000450. The normalized spacial score (nSPS) is 3.50. The van der Waals surface area contributed by atoms with Crippen LogP contribution in [0.1, 0.15) is 0 Å². The minimum atomic E-state index is 0. The van der Waals surface area contributed by atoms with Crippen molar-refractivity contribution in [1.82, 2.24) is 0 Å². The summed E-state index contributed by atoms with van der Waals surface area (Å²) in [5.41, 5.74) is 0. The van der Waals surface area contributed by atoms with Gasteiger partial charge in [0, 0.05) is 0 Å². The molecule has 0 radical (unpaired) electrons. The van der Waals surface area contributed by atoms with Crippen LogP contribution < -0.4 is 0 Å². The summed E-state index contributed by atoms with van der Waals surface area (Å²) in [6.45, 7) is 0. The number of rotatable bonds is 0. The first-order valence-corrected chi connectivity index (χ1v) is 2.06. The monoisotopic (exact) mass is 101 g/mol.